The highest BCUT2D eigenvalue weighted by molar-refractivity contribution is 7.71. The van der Waals surface area contributed by atoms with E-state index in [1.165, 1.54) is 17.7 Å². The molecular weight excluding hydrogens is 381 g/mol. The first-order valence-electron chi connectivity index (χ1n) is 9.21. The molecule has 0 fully saturated rings. The number of fused-ring (bicyclic) bond motifs is 1. The van der Waals surface area contributed by atoms with Gasteiger partial charge in [0.25, 0.3) is 0 Å². The van der Waals surface area contributed by atoms with Crippen molar-refractivity contribution in [2.75, 3.05) is 0 Å². The molecule has 1 N–H and O–H groups in total. The lowest BCUT2D eigenvalue weighted by Crippen LogP contribution is -1.92. The van der Waals surface area contributed by atoms with Crippen LogP contribution in [0.3, 0.4) is 0 Å². The first-order valence-corrected chi connectivity index (χ1v) is 9.62. The highest BCUT2D eigenvalue weighted by Gasteiger charge is 2.11. The molecule has 0 radical (unpaired) electrons. The summed E-state index contributed by atoms with van der Waals surface area (Å²) < 4.78 is 15.6. The summed E-state index contributed by atoms with van der Waals surface area (Å²) in [6.07, 6.45) is 3.69. The molecule has 0 aliphatic rings. The fraction of sp³-hybridized carbons (Fsp3) is 0. The number of benzene rings is 3. The summed E-state index contributed by atoms with van der Waals surface area (Å²) in [6, 6.07) is 25.0. The minimum Gasteiger partial charge on any atom is -0.339 e. The minimum atomic E-state index is -0.262. The van der Waals surface area contributed by atoms with Crippen molar-refractivity contribution in [3.05, 3.63) is 102 Å². The lowest BCUT2D eigenvalue weighted by Gasteiger charge is -2.06. The summed E-state index contributed by atoms with van der Waals surface area (Å²) in [5.41, 5.74) is 6.92. The molecule has 140 valence electrons. The minimum absolute atomic E-state index is 0.262. The quantitative estimate of drug-likeness (QED) is 0.351. The Bertz CT molecular complexity index is 1350. The van der Waals surface area contributed by atoms with Crippen LogP contribution >= 0.6 is 12.2 Å². The van der Waals surface area contributed by atoms with Gasteiger partial charge in [-0.15, -0.1) is 0 Å². The van der Waals surface area contributed by atoms with E-state index >= 15 is 0 Å². The molecule has 0 aliphatic carbocycles. The Kier molecular flexibility index (Phi) is 4.30. The number of nitrogens with zero attached hydrogens (tertiary/aromatic N) is 2. The van der Waals surface area contributed by atoms with Gasteiger partial charge in [-0.2, -0.15) is 0 Å². The maximum absolute atomic E-state index is 13.3. The molecule has 5 rings (SSSR count). The standard InChI is InChI=1S/C24H16FN3S/c25-20-12-10-19(11-13-20)22-15-28-23(27-22)21(14-26-24(28)29)18-8-6-17(7-9-18)16-4-2-1-3-5-16/h1-15,27H. The largest absolute Gasteiger partial charge is 0.339 e. The monoisotopic (exact) mass is 397 g/mol. The average Bonchev–Trinajstić information content (AvgIpc) is 3.22. The van der Waals surface area contributed by atoms with Gasteiger partial charge in [0, 0.05) is 18.0 Å². The number of hydrogen-bond donors (Lipinski definition) is 1. The lowest BCUT2D eigenvalue weighted by atomic mass is 10.0. The van der Waals surface area contributed by atoms with Gasteiger partial charge in [-0.05, 0) is 58.7 Å². The van der Waals surface area contributed by atoms with Crippen LogP contribution in [0, 0.1) is 10.6 Å². The highest BCUT2D eigenvalue weighted by atomic mass is 32.1. The molecule has 2 heterocycles. The molecule has 3 aromatic carbocycles. The summed E-state index contributed by atoms with van der Waals surface area (Å²) >= 11 is 5.40. The Hall–Kier alpha value is -3.57. The predicted molar refractivity (Wildman–Crippen MR) is 117 cm³/mol. The van der Waals surface area contributed by atoms with Crippen LogP contribution in [0.25, 0.3) is 39.2 Å². The van der Waals surface area contributed by atoms with Crippen LogP contribution in [0.15, 0.2) is 91.3 Å². The second kappa shape index (κ2) is 7.11. The normalized spacial score (nSPS) is 11.1. The first kappa shape index (κ1) is 17.5. The van der Waals surface area contributed by atoms with Gasteiger partial charge in [0.15, 0.2) is 0 Å². The van der Waals surface area contributed by atoms with Crippen LogP contribution in [0.4, 0.5) is 4.39 Å². The zero-order valence-electron chi connectivity index (χ0n) is 15.3. The van der Waals surface area contributed by atoms with Gasteiger partial charge in [0.2, 0.25) is 4.77 Å². The van der Waals surface area contributed by atoms with Gasteiger partial charge in [0.05, 0.1) is 5.69 Å². The van der Waals surface area contributed by atoms with E-state index in [-0.39, 0.29) is 5.82 Å². The zero-order valence-corrected chi connectivity index (χ0v) is 16.2. The molecule has 0 spiro atoms. The second-order valence-electron chi connectivity index (χ2n) is 6.79. The number of aromatic amines is 1. The van der Waals surface area contributed by atoms with E-state index < -0.39 is 0 Å². The van der Waals surface area contributed by atoms with E-state index in [1.54, 1.807) is 18.3 Å². The molecule has 0 unspecified atom stereocenters. The van der Waals surface area contributed by atoms with Crippen molar-refractivity contribution in [1.29, 1.82) is 0 Å². The molecule has 0 bridgehead atoms. The number of nitrogens with one attached hydrogen (secondary N) is 1. The molecular formula is C24H16FN3S. The van der Waals surface area contributed by atoms with Gasteiger partial charge >= 0.3 is 0 Å². The number of H-pyrrole nitrogens is 1. The number of aromatic nitrogens is 3. The van der Waals surface area contributed by atoms with E-state index in [1.807, 2.05) is 28.8 Å². The Morgan fingerprint density at radius 2 is 1.38 bits per heavy atom. The van der Waals surface area contributed by atoms with E-state index in [0.29, 0.717) is 4.77 Å². The molecule has 0 aliphatic heterocycles. The van der Waals surface area contributed by atoms with Crippen LogP contribution in [0.1, 0.15) is 0 Å². The van der Waals surface area contributed by atoms with Crippen molar-refractivity contribution in [2.45, 2.75) is 0 Å². The summed E-state index contributed by atoms with van der Waals surface area (Å²) in [4.78, 5) is 7.80. The first-order chi connectivity index (χ1) is 14.2. The van der Waals surface area contributed by atoms with E-state index in [0.717, 1.165) is 33.6 Å². The van der Waals surface area contributed by atoms with Gasteiger partial charge in [0.1, 0.15) is 11.5 Å². The smallest absolute Gasteiger partial charge is 0.205 e. The van der Waals surface area contributed by atoms with Gasteiger partial charge in [-0.25, -0.2) is 9.37 Å². The Morgan fingerprint density at radius 1 is 0.759 bits per heavy atom. The number of imidazole rings is 1. The van der Waals surface area contributed by atoms with Crippen molar-refractivity contribution in [3.63, 3.8) is 0 Å². The summed E-state index contributed by atoms with van der Waals surface area (Å²) in [6.45, 7) is 0. The maximum atomic E-state index is 13.3. The molecule has 0 saturated carbocycles. The topological polar surface area (TPSA) is 33.1 Å². The third-order valence-electron chi connectivity index (χ3n) is 4.98. The van der Waals surface area contributed by atoms with Gasteiger partial charge < -0.3 is 4.98 Å². The molecule has 29 heavy (non-hydrogen) atoms. The van der Waals surface area contributed by atoms with E-state index in [2.05, 4.69) is 46.4 Å². The van der Waals surface area contributed by atoms with Crippen LogP contribution in [0.2, 0.25) is 0 Å². The second-order valence-corrected chi connectivity index (χ2v) is 7.16. The predicted octanol–water partition coefficient (Wildman–Crippen LogP) is 6.53. The average molecular weight is 397 g/mol. The number of halogens is 1. The molecule has 0 atom stereocenters. The SMILES string of the molecule is Fc1ccc(-c2cn3c(=S)ncc(-c4ccc(-c5ccccc5)cc4)c3[nH]2)cc1. The molecule has 0 amide bonds. The fourth-order valence-electron chi connectivity index (χ4n) is 3.47. The maximum Gasteiger partial charge on any atom is 0.205 e. The molecule has 5 aromatic rings. The lowest BCUT2D eigenvalue weighted by molar-refractivity contribution is 0.628. The molecule has 0 saturated heterocycles. The summed E-state index contributed by atoms with van der Waals surface area (Å²) in [5, 5.41) is 0. The Labute approximate surface area is 172 Å². The molecule has 5 heteroatoms. The Balaban J connectivity index is 1.61. The number of rotatable bonds is 3. The third kappa shape index (κ3) is 3.26. The van der Waals surface area contributed by atoms with Crippen LogP contribution in [0.5, 0.6) is 0 Å². The van der Waals surface area contributed by atoms with E-state index in [9.17, 15) is 4.39 Å². The molecule has 2 aromatic heterocycles. The van der Waals surface area contributed by atoms with Crippen molar-refractivity contribution < 1.29 is 4.39 Å². The van der Waals surface area contributed by atoms with Crippen LogP contribution in [-0.4, -0.2) is 14.4 Å². The van der Waals surface area contributed by atoms with Crippen LogP contribution in [-0.2, 0) is 0 Å². The van der Waals surface area contributed by atoms with Crippen LogP contribution < -0.4 is 0 Å². The van der Waals surface area contributed by atoms with Gasteiger partial charge in [-0.3, -0.25) is 4.40 Å². The summed E-state index contributed by atoms with van der Waals surface area (Å²) in [7, 11) is 0. The summed E-state index contributed by atoms with van der Waals surface area (Å²) in [5.74, 6) is -0.262. The number of hydrogen-bond acceptors (Lipinski definition) is 2. The zero-order chi connectivity index (χ0) is 19.8. The van der Waals surface area contributed by atoms with Crippen molar-refractivity contribution in [3.8, 4) is 33.5 Å². The Morgan fingerprint density at radius 3 is 2.10 bits per heavy atom. The van der Waals surface area contributed by atoms with Crippen molar-refractivity contribution in [2.24, 2.45) is 0 Å². The molecule has 3 nitrogen and oxygen atoms in total. The highest BCUT2D eigenvalue weighted by Crippen LogP contribution is 2.29. The van der Waals surface area contributed by atoms with Crippen molar-refractivity contribution >= 4 is 17.9 Å². The van der Waals surface area contributed by atoms with Crippen molar-refractivity contribution in [1.82, 2.24) is 14.4 Å². The van der Waals surface area contributed by atoms with Gasteiger partial charge in [-0.1, -0.05) is 54.6 Å². The van der Waals surface area contributed by atoms with E-state index in [4.69, 9.17) is 12.2 Å². The fourth-order valence-corrected chi connectivity index (χ4v) is 3.66. The third-order valence-corrected chi connectivity index (χ3v) is 5.28.